The third-order valence-corrected chi connectivity index (χ3v) is 2.20. The first-order valence-corrected chi connectivity index (χ1v) is 4.98. The second-order valence-corrected chi connectivity index (χ2v) is 3.36. The number of anilines is 1. The predicted molar refractivity (Wildman–Crippen MR) is 60.5 cm³/mol. The fraction of sp³-hybridized carbons (Fsp3) is 0.0833. The van der Waals surface area contributed by atoms with Gasteiger partial charge in [0.15, 0.2) is 0 Å². The van der Waals surface area contributed by atoms with Crippen LogP contribution < -0.4 is 5.32 Å². The second kappa shape index (κ2) is 5.03. The summed E-state index contributed by atoms with van der Waals surface area (Å²) in [5.74, 6) is -0.514. The number of hydrogen-bond donors (Lipinski definition) is 1. The molecule has 0 aliphatic heterocycles. The Morgan fingerprint density at radius 3 is 2.94 bits per heavy atom. The molecule has 4 nitrogen and oxygen atoms in total. The maximum absolute atomic E-state index is 13.1. The molecule has 17 heavy (non-hydrogen) atoms. The summed E-state index contributed by atoms with van der Waals surface area (Å²) in [6, 6.07) is 7.89. The Morgan fingerprint density at radius 1 is 1.35 bits per heavy atom. The molecule has 5 heteroatoms. The first kappa shape index (κ1) is 11.0. The van der Waals surface area contributed by atoms with E-state index >= 15 is 0 Å². The van der Waals surface area contributed by atoms with Crippen LogP contribution in [0.25, 0.3) is 0 Å². The number of nitriles is 1. The van der Waals surface area contributed by atoms with Crippen LogP contribution in [-0.2, 0) is 6.54 Å². The van der Waals surface area contributed by atoms with Crippen LogP contribution >= 0.6 is 0 Å². The van der Waals surface area contributed by atoms with Crippen molar-refractivity contribution in [1.29, 1.82) is 5.26 Å². The van der Waals surface area contributed by atoms with Gasteiger partial charge in [-0.1, -0.05) is 0 Å². The third kappa shape index (κ3) is 2.75. The second-order valence-electron chi connectivity index (χ2n) is 3.36. The van der Waals surface area contributed by atoms with Gasteiger partial charge in [0, 0.05) is 11.9 Å². The number of nitrogens with one attached hydrogen (secondary N) is 1. The molecular weight excluding hydrogens is 219 g/mol. The number of halogens is 1. The maximum Gasteiger partial charge on any atom is 0.141 e. The van der Waals surface area contributed by atoms with Gasteiger partial charge in [0.2, 0.25) is 0 Å². The Bertz CT molecular complexity index is 548. The van der Waals surface area contributed by atoms with Crippen LogP contribution in [-0.4, -0.2) is 9.97 Å². The number of nitrogens with zero attached hydrogens (tertiary/aromatic N) is 3. The van der Waals surface area contributed by atoms with Crippen LogP contribution in [0.2, 0.25) is 0 Å². The fourth-order valence-electron chi connectivity index (χ4n) is 1.34. The lowest BCUT2D eigenvalue weighted by molar-refractivity contribution is 0.624. The molecule has 2 rings (SSSR count). The van der Waals surface area contributed by atoms with E-state index in [4.69, 9.17) is 5.26 Å². The molecule has 0 aliphatic carbocycles. The van der Waals surface area contributed by atoms with Gasteiger partial charge in [0.1, 0.15) is 18.2 Å². The molecule has 0 fully saturated rings. The van der Waals surface area contributed by atoms with E-state index < -0.39 is 5.82 Å². The van der Waals surface area contributed by atoms with Crippen LogP contribution in [0.4, 0.5) is 10.1 Å². The van der Waals surface area contributed by atoms with Crippen molar-refractivity contribution < 1.29 is 4.39 Å². The van der Waals surface area contributed by atoms with Gasteiger partial charge < -0.3 is 5.32 Å². The number of benzene rings is 1. The van der Waals surface area contributed by atoms with Gasteiger partial charge in [0.05, 0.1) is 17.8 Å². The Morgan fingerprint density at radius 2 is 2.24 bits per heavy atom. The number of rotatable bonds is 3. The summed E-state index contributed by atoms with van der Waals surface area (Å²) in [6.45, 7) is 0.499. The molecule has 84 valence electrons. The van der Waals surface area contributed by atoms with E-state index in [0.29, 0.717) is 12.2 Å². The molecule has 1 aromatic carbocycles. The maximum atomic E-state index is 13.1. The lowest BCUT2D eigenvalue weighted by Crippen LogP contribution is -2.02. The highest BCUT2D eigenvalue weighted by atomic mass is 19.1. The highest BCUT2D eigenvalue weighted by Gasteiger charge is 2.02. The average Bonchev–Trinajstić information content (AvgIpc) is 2.39. The molecule has 0 radical (unpaired) electrons. The largest absolute Gasteiger partial charge is 0.379 e. The van der Waals surface area contributed by atoms with Crippen molar-refractivity contribution in [2.45, 2.75) is 6.54 Å². The zero-order valence-electron chi connectivity index (χ0n) is 8.89. The molecule has 1 heterocycles. The molecule has 0 saturated heterocycles. The molecule has 0 atom stereocenters. The molecule has 0 amide bonds. The molecule has 0 unspecified atom stereocenters. The summed E-state index contributed by atoms with van der Waals surface area (Å²) < 4.78 is 13.1. The van der Waals surface area contributed by atoms with E-state index in [1.54, 1.807) is 24.4 Å². The smallest absolute Gasteiger partial charge is 0.141 e. The van der Waals surface area contributed by atoms with Crippen LogP contribution in [0.1, 0.15) is 11.3 Å². The van der Waals surface area contributed by atoms with Crippen molar-refractivity contribution in [2.24, 2.45) is 0 Å². The van der Waals surface area contributed by atoms with Crippen molar-refractivity contribution in [3.05, 3.63) is 53.9 Å². The van der Waals surface area contributed by atoms with Crippen molar-refractivity contribution >= 4 is 5.69 Å². The van der Waals surface area contributed by atoms with E-state index in [9.17, 15) is 4.39 Å². The van der Waals surface area contributed by atoms with Gasteiger partial charge >= 0.3 is 0 Å². The molecule has 1 aromatic heterocycles. The van der Waals surface area contributed by atoms with Gasteiger partial charge in [-0.2, -0.15) is 5.26 Å². The highest BCUT2D eigenvalue weighted by Crippen LogP contribution is 2.14. The van der Waals surface area contributed by atoms with E-state index in [0.717, 1.165) is 5.69 Å². The van der Waals surface area contributed by atoms with Gasteiger partial charge in [-0.15, -0.1) is 0 Å². The Balaban J connectivity index is 2.08. The van der Waals surface area contributed by atoms with Crippen LogP contribution in [0.3, 0.4) is 0 Å². The Labute approximate surface area is 97.8 Å². The molecule has 1 N–H and O–H groups in total. The predicted octanol–water partition coefficient (Wildman–Crippen LogP) is 2.10. The number of hydrogen-bond acceptors (Lipinski definition) is 4. The topological polar surface area (TPSA) is 61.6 Å². The lowest BCUT2D eigenvalue weighted by Gasteiger charge is -2.06. The molecule has 0 saturated carbocycles. The van der Waals surface area contributed by atoms with Crippen molar-refractivity contribution in [1.82, 2.24) is 9.97 Å². The van der Waals surface area contributed by atoms with E-state index in [1.165, 1.54) is 18.5 Å². The minimum absolute atomic E-state index is 0.0256. The van der Waals surface area contributed by atoms with E-state index in [2.05, 4.69) is 15.3 Å². The molecule has 2 aromatic rings. The number of aromatic nitrogens is 2. The quantitative estimate of drug-likeness (QED) is 0.873. The van der Waals surface area contributed by atoms with Gasteiger partial charge in [-0.3, -0.25) is 0 Å². The van der Waals surface area contributed by atoms with Crippen LogP contribution in [0.5, 0.6) is 0 Å². The normalized spacial score (nSPS) is 9.65. The summed E-state index contributed by atoms with van der Waals surface area (Å²) in [7, 11) is 0. The fourth-order valence-corrected chi connectivity index (χ4v) is 1.34. The molecular formula is C12H9FN4. The summed E-state index contributed by atoms with van der Waals surface area (Å²) in [4.78, 5) is 7.85. The highest BCUT2D eigenvalue weighted by molar-refractivity contribution is 5.49. The van der Waals surface area contributed by atoms with Crippen LogP contribution in [0, 0.1) is 17.1 Å². The molecule has 0 bridgehead atoms. The summed E-state index contributed by atoms with van der Waals surface area (Å²) in [6.07, 6.45) is 3.11. The minimum atomic E-state index is -0.514. The monoisotopic (exact) mass is 228 g/mol. The zero-order chi connectivity index (χ0) is 12.1. The van der Waals surface area contributed by atoms with Gasteiger partial charge in [0.25, 0.3) is 0 Å². The van der Waals surface area contributed by atoms with Crippen molar-refractivity contribution in [2.75, 3.05) is 5.32 Å². The zero-order valence-corrected chi connectivity index (χ0v) is 8.89. The van der Waals surface area contributed by atoms with Gasteiger partial charge in [-0.25, -0.2) is 14.4 Å². The van der Waals surface area contributed by atoms with E-state index in [1.807, 2.05) is 0 Å². The van der Waals surface area contributed by atoms with Crippen LogP contribution in [0.15, 0.2) is 36.8 Å². The summed E-state index contributed by atoms with van der Waals surface area (Å²) in [5.41, 5.74) is 1.53. The van der Waals surface area contributed by atoms with Crippen molar-refractivity contribution in [3.8, 4) is 6.07 Å². The average molecular weight is 228 g/mol. The minimum Gasteiger partial charge on any atom is -0.379 e. The third-order valence-electron chi connectivity index (χ3n) is 2.20. The van der Waals surface area contributed by atoms with Crippen molar-refractivity contribution in [3.63, 3.8) is 0 Å². The standard InChI is InChI=1S/C12H9FN4/c13-12-2-1-10(5-9(12)6-14)16-7-11-3-4-15-8-17-11/h1-5,8,16H,7H2. The van der Waals surface area contributed by atoms with E-state index in [-0.39, 0.29) is 5.56 Å². The molecule has 0 aliphatic rings. The Kier molecular flexibility index (Phi) is 3.26. The Hall–Kier alpha value is -2.48. The SMILES string of the molecule is N#Cc1cc(NCc2ccncn2)ccc1F. The first-order valence-electron chi connectivity index (χ1n) is 4.98. The lowest BCUT2D eigenvalue weighted by atomic mass is 10.2. The first-order chi connectivity index (χ1) is 8.29. The summed E-state index contributed by atoms with van der Waals surface area (Å²) in [5, 5.41) is 11.7. The van der Waals surface area contributed by atoms with Gasteiger partial charge in [-0.05, 0) is 24.3 Å². The molecule has 0 spiro atoms. The summed E-state index contributed by atoms with van der Waals surface area (Å²) >= 11 is 0.